The quantitative estimate of drug-likeness (QED) is 0.0408. The number of thioether (sulfide) groups is 1. The molecule has 6 aromatic rings. The third-order valence-electron chi connectivity index (χ3n) is 8.61. The number of aryl methyl sites for hydroxylation is 1. The van der Waals surface area contributed by atoms with Gasteiger partial charge in [0.15, 0.2) is 15.8 Å². The van der Waals surface area contributed by atoms with Gasteiger partial charge in [-0.3, -0.25) is 14.5 Å². The van der Waals surface area contributed by atoms with Crippen LogP contribution in [-0.2, 0) is 28.6 Å². The Hall–Kier alpha value is -5.91. The number of aliphatic hydroxyl groups excluding tert-OH is 1. The van der Waals surface area contributed by atoms with E-state index < -0.39 is 17.7 Å². The highest BCUT2D eigenvalue weighted by Gasteiger charge is 2.48. The number of Topliss-reactive ketones (excluding diaryl/α,β-unsaturated/α-hetero) is 1. The summed E-state index contributed by atoms with van der Waals surface area (Å²) in [5.41, 5.74) is 5.04. The Morgan fingerprint density at radius 2 is 1.47 bits per heavy atom. The third-order valence-corrected chi connectivity index (χ3v) is 10.7. The summed E-state index contributed by atoms with van der Waals surface area (Å²) in [6, 6.07) is 38.7. The molecule has 0 radical (unpaired) electrons. The largest absolute Gasteiger partial charge is 0.507 e. The number of carbonyl (C=O) groups is 2. The molecule has 1 aliphatic rings. The van der Waals surface area contributed by atoms with Gasteiger partial charge in [0.1, 0.15) is 24.7 Å². The molecule has 1 amide bonds. The monoisotopic (exact) mass is 741 g/mol. The van der Waals surface area contributed by atoms with Crippen molar-refractivity contribution in [1.82, 2.24) is 10.2 Å². The lowest BCUT2D eigenvalue weighted by Crippen LogP contribution is -2.29. The van der Waals surface area contributed by atoms with Crippen LogP contribution in [0.4, 0.5) is 5.13 Å². The third kappa shape index (κ3) is 8.11. The van der Waals surface area contributed by atoms with Crippen molar-refractivity contribution in [2.24, 2.45) is 0 Å². The fraction of sp³-hybridized carbons (Fsp3) is 0.143. The fourth-order valence-electron chi connectivity index (χ4n) is 5.96. The predicted octanol–water partition coefficient (Wildman–Crippen LogP) is 8.93. The molecule has 1 fully saturated rings. The zero-order chi connectivity index (χ0) is 36.7. The normalized spacial score (nSPS) is 15.1. The minimum atomic E-state index is -1.04. The number of aliphatic hydroxyl groups is 1. The Balaban J connectivity index is 1.22. The maximum absolute atomic E-state index is 13.9. The van der Waals surface area contributed by atoms with E-state index in [1.54, 1.807) is 42.5 Å². The van der Waals surface area contributed by atoms with Crippen LogP contribution in [0.15, 0.2) is 137 Å². The van der Waals surface area contributed by atoms with Crippen molar-refractivity contribution in [3.63, 3.8) is 0 Å². The minimum absolute atomic E-state index is 0.0860. The molecule has 0 bridgehead atoms. The first kappa shape index (κ1) is 35.5. The molecule has 266 valence electrons. The number of aromatic nitrogens is 2. The second-order valence-electron chi connectivity index (χ2n) is 12.3. The lowest BCUT2D eigenvalue weighted by atomic mass is 9.95. The molecule has 0 spiro atoms. The summed E-state index contributed by atoms with van der Waals surface area (Å²) in [6.07, 6.45) is 0. The number of benzene rings is 5. The van der Waals surface area contributed by atoms with Gasteiger partial charge in [-0.05, 0) is 65.6 Å². The number of methoxy groups -OCH3 is 1. The molecule has 1 saturated heterocycles. The number of nitrogens with zero attached hydrogens (tertiary/aromatic N) is 3. The second kappa shape index (κ2) is 16.2. The van der Waals surface area contributed by atoms with Crippen molar-refractivity contribution in [3.8, 4) is 17.2 Å². The average Bonchev–Trinajstić information content (AvgIpc) is 3.77. The van der Waals surface area contributed by atoms with Crippen LogP contribution in [0.3, 0.4) is 0 Å². The number of amides is 1. The summed E-state index contributed by atoms with van der Waals surface area (Å²) < 4.78 is 18.4. The predicted molar refractivity (Wildman–Crippen MR) is 206 cm³/mol. The van der Waals surface area contributed by atoms with Gasteiger partial charge >= 0.3 is 5.91 Å². The highest BCUT2D eigenvalue weighted by Crippen LogP contribution is 2.46. The second-order valence-corrected chi connectivity index (χ2v) is 14.5. The summed E-state index contributed by atoms with van der Waals surface area (Å²) in [6.45, 7) is 2.71. The van der Waals surface area contributed by atoms with Crippen LogP contribution in [-0.4, -0.2) is 34.1 Å². The molecule has 11 heteroatoms. The van der Waals surface area contributed by atoms with Crippen LogP contribution in [0.5, 0.6) is 17.2 Å². The molecule has 7 rings (SSSR count). The smallest absolute Gasteiger partial charge is 0.301 e. The van der Waals surface area contributed by atoms with Crippen LogP contribution in [0, 0.1) is 6.92 Å². The van der Waals surface area contributed by atoms with E-state index in [0.717, 1.165) is 22.3 Å². The van der Waals surface area contributed by atoms with Crippen LogP contribution in [0.2, 0.25) is 0 Å². The first-order valence-electron chi connectivity index (χ1n) is 16.8. The fourth-order valence-corrected chi connectivity index (χ4v) is 7.79. The number of anilines is 1. The molecular formula is C42H35N3O6S2. The molecule has 1 atom stereocenters. The lowest BCUT2D eigenvalue weighted by Gasteiger charge is -2.23. The molecule has 9 nitrogen and oxygen atoms in total. The molecular weight excluding hydrogens is 707 g/mol. The number of rotatable bonds is 13. The Morgan fingerprint density at radius 3 is 2.19 bits per heavy atom. The topological polar surface area (TPSA) is 111 Å². The van der Waals surface area contributed by atoms with Crippen molar-refractivity contribution in [2.45, 2.75) is 36.3 Å². The van der Waals surface area contributed by atoms with Crippen LogP contribution >= 0.6 is 23.1 Å². The maximum Gasteiger partial charge on any atom is 0.301 e. The van der Waals surface area contributed by atoms with Gasteiger partial charge in [0.2, 0.25) is 5.13 Å². The van der Waals surface area contributed by atoms with Gasteiger partial charge in [0.05, 0.1) is 18.7 Å². The zero-order valence-electron chi connectivity index (χ0n) is 29.0. The number of hydrogen-bond donors (Lipinski definition) is 1. The van der Waals surface area contributed by atoms with E-state index in [9.17, 15) is 14.7 Å². The van der Waals surface area contributed by atoms with Crippen molar-refractivity contribution < 1.29 is 28.9 Å². The van der Waals surface area contributed by atoms with E-state index in [-0.39, 0.29) is 16.5 Å². The summed E-state index contributed by atoms with van der Waals surface area (Å²) in [5, 5.41) is 20.7. The number of hydrogen-bond acceptors (Lipinski definition) is 10. The molecule has 1 aliphatic heterocycles. The molecule has 0 saturated carbocycles. The molecule has 53 heavy (non-hydrogen) atoms. The Kier molecular flexibility index (Phi) is 10.8. The van der Waals surface area contributed by atoms with Crippen LogP contribution < -0.4 is 19.1 Å². The first-order valence-corrected chi connectivity index (χ1v) is 18.6. The molecule has 2 heterocycles. The van der Waals surface area contributed by atoms with Crippen molar-refractivity contribution in [3.05, 3.63) is 166 Å². The van der Waals surface area contributed by atoms with E-state index in [1.807, 2.05) is 85.8 Å². The van der Waals surface area contributed by atoms with Gasteiger partial charge in [-0.25, -0.2) is 0 Å². The highest BCUT2D eigenvalue weighted by atomic mass is 32.2. The average molecular weight is 742 g/mol. The van der Waals surface area contributed by atoms with E-state index in [4.69, 9.17) is 14.2 Å². The standard InChI is InChI=1S/C42H35N3O6S2/c1-27-10-9-15-30(22-27)25-50-33-19-16-31(17-20-33)38(46)36-37(32-18-21-34(35(23-32)49-2)51-24-28-11-5-3-6-12-28)45(40(48)39(36)47)41-43-44-42(53-41)52-26-29-13-7-4-8-14-29/h3-23,37,46H,24-26H2,1-2H3. The van der Waals surface area contributed by atoms with Gasteiger partial charge < -0.3 is 19.3 Å². The highest BCUT2D eigenvalue weighted by molar-refractivity contribution is 8.00. The maximum atomic E-state index is 13.9. The molecule has 1 aromatic heterocycles. The van der Waals surface area contributed by atoms with E-state index in [2.05, 4.69) is 16.3 Å². The van der Waals surface area contributed by atoms with Gasteiger partial charge in [-0.2, -0.15) is 0 Å². The van der Waals surface area contributed by atoms with Gasteiger partial charge in [0, 0.05) is 11.3 Å². The lowest BCUT2D eigenvalue weighted by molar-refractivity contribution is -0.132. The Morgan fingerprint density at radius 1 is 0.774 bits per heavy atom. The summed E-state index contributed by atoms with van der Waals surface area (Å²) in [7, 11) is 1.52. The number of ether oxygens (including phenoxy) is 3. The van der Waals surface area contributed by atoms with E-state index in [0.29, 0.717) is 51.7 Å². The van der Waals surface area contributed by atoms with Crippen molar-refractivity contribution in [2.75, 3.05) is 12.0 Å². The van der Waals surface area contributed by atoms with Crippen LogP contribution in [0.25, 0.3) is 5.76 Å². The zero-order valence-corrected chi connectivity index (χ0v) is 30.6. The molecule has 0 aliphatic carbocycles. The molecule has 1 N–H and O–H groups in total. The first-order chi connectivity index (χ1) is 25.9. The molecule has 1 unspecified atom stereocenters. The van der Waals surface area contributed by atoms with Crippen molar-refractivity contribution >= 4 is 45.7 Å². The Labute approximate surface area is 315 Å². The minimum Gasteiger partial charge on any atom is -0.507 e. The van der Waals surface area contributed by atoms with E-state index in [1.165, 1.54) is 35.1 Å². The molecule has 5 aromatic carbocycles. The Bertz CT molecular complexity index is 2260. The number of carbonyl (C=O) groups excluding carboxylic acids is 2. The van der Waals surface area contributed by atoms with E-state index >= 15 is 0 Å². The SMILES string of the molecule is COc1cc(C2C(=C(O)c3ccc(OCc4cccc(C)c4)cc3)C(=O)C(=O)N2c2nnc(SCc3ccccc3)s2)ccc1OCc1ccccc1. The van der Waals surface area contributed by atoms with Gasteiger partial charge in [-0.15, -0.1) is 10.2 Å². The number of ketones is 1. The van der Waals surface area contributed by atoms with Crippen molar-refractivity contribution in [1.29, 1.82) is 0 Å². The summed E-state index contributed by atoms with van der Waals surface area (Å²) >= 11 is 2.69. The van der Waals surface area contributed by atoms with Crippen LogP contribution in [0.1, 0.15) is 39.4 Å². The summed E-state index contributed by atoms with van der Waals surface area (Å²) in [5.74, 6) is 0.129. The van der Waals surface area contributed by atoms with Gasteiger partial charge in [0.25, 0.3) is 5.78 Å². The summed E-state index contributed by atoms with van der Waals surface area (Å²) in [4.78, 5) is 29.1. The van der Waals surface area contributed by atoms with Gasteiger partial charge in [-0.1, -0.05) is 120 Å².